The number of methoxy groups -OCH3 is 1. The molecule has 1 N–H and O–H groups in total. The molecule has 1 aliphatic heterocycles. The second-order valence-corrected chi connectivity index (χ2v) is 7.10. The number of hydrogen-bond donors (Lipinski definition) is 1. The first-order chi connectivity index (χ1) is 12.3. The van der Waals surface area contributed by atoms with E-state index in [1.165, 1.54) is 31.2 Å². The summed E-state index contributed by atoms with van der Waals surface area (Å²) in [5.74, 6) is 3.55. The van der Waals surface area contributed by atoms with Crippen LogP contribution < -0.4 is 10.1 Å². The van der Waals surface area contributed by atoms with Gasteiger partial charge in [-0.05, 0) is 44.4 Å². The molecule has 0 spiro atoms. The van der Waals surface area contributed by atoms with E-state index >= 15 is 0 Å². The van der Waals surface area contributed by atoms with Crippen molar-refractivity contribution in [2.75, 3.05) is 25.5 Å². The number of hydrogen-bond acceptors (Lipinski definition) is 5. The second-order valence-electron chi connectivity index (χ2n) is 7.10. The van der Waals surface area contributed by atoms with E-state index in [2.05, 4.69) is 27.3 Å². The highest BCUT2D eigenvalue weighted by atomic mass is 16.5. The van der Waals surface area contributed by atoms with Gasteiger partial charge in [0.2, 0.25) is 0 Å². The van der Waals surface area contributed by atoms with Gasteiger partial charge >= 0.3 is 0 Å². The molecule has 5 heteroatoms. The molecule has 25 heavy (non-hydrogen) atoms. The number of rotatable bonds is 6. The molecule has 0 radical (unpaired) electrons. The third-order valence-corrected chi connectivity index (χ3v) is 5.06. The van der Waals surface area contributed by atoms with E-state index in [1.807, 2.05) is 24.4 Å². The van der Waals surface area contributed by atoms with Crippen LogP contribution in [-0.4, -0.2) is 41.1 Å². The molecule has 1 aliphatic carbocycles. The molecule has 1 atom stereocenters. The summed E-state index contributed by atoms with van der Waals surface area (Å²) in [5.41, 5.74) is 1.25. The molecular weight excluding hydrogens is 312 g/mol. The van der Waals surface area contributed by atoms with Crippen molar-refractivity contribution in [3.63, 3.8) is 0 Å². The first-order valence-corrected chi connectivity index (χ1v) is 9.25. The first kappa shape index (κ1) is 16.3. The smallest absolute Gasteiger partial charge is 0.133 e. The molecular formula is C20H26N4O. The molecule has 0 bridgehead atoms. The summed E-state index contributed by atoms with van der Waals surface area (Å²) in [6, 6.07) is 10.7. The molecule has 2 aromatic rings. The van der Waals surface area contributed by atoms with Crippen molar-refractivity contribution in [1.82, 2.24) is 14.9 Å². The Balaban J connectivity index is 1.38. The Morgan fingerprint density at radius 1 is 1.20 bits per heavy atom. The molecule has 132 valence electrons. The monoisotopic (exact) mass is 338 g/mol. The summed E-state index contributed by atoms with van der Waals surface area (Å²) < 4.78 is 5.49. The molecule has 1 aromatic heterocycles. The highest BCUT2D eigenvalue weighted by Gasteiger charge is 2.27. The minimum atomic E-state index is 0.436. The van der Waals surface area contributed by atoms with Crippen LogP contribution in [0, 0.1) is 0 Å². The SMILES string of the molecule is COc1ccccc1CN1CCCC(Nc2ccnc(C3CC3)n2)C1. The van der Waals surface area contributed by atoms with E-state index in [0.717, 1.165) is 37.0 Å². The maximum Gasteiger partial charge on any atom is 0.133 e. The lowest BCUT2D eigenvalue weighted by Gasteiger charge is -2.33. The molecule has 2 heterocycles. The molecule has 4 rings (SSSR count). The van der Waals surface area contributed by atoms with E-state index in [-0.39, 0.29) is 0 Å². The molecule has 2 fully saturated rings. The van der Waals surface area contributed by atoms with Crippen molar-refractivity contribution in [2.24, 2.45) is 0 Å². The molecule has 1 aromatic carbocycles. The normalized spacial score (nSPS) is 21.1. The van der Waals surface area contributed by atoms with Crippen molar-refractivity contribution in [3.05, 3.63) is 47.9 Å². The Labute approximate surface area is 149 Å². The molecule has 0 amide bonds. The lowest BCUT2D eigenvalue weighted by Crippen LogP contribution is -2.41. The average molecular weight is 338 g/mol. The van der Waals surface area contributed by atoms with E-state index in [9.17, 15) is 0 Å². The van der Waals surface area contributed by atoms with Gasteiger partial charge in [0.1, 0.15) is 17.4 Å². The van der Waals surface area contributed by atoms with Crippen LogP contribution >= 0.6 is 0 Å². The average Bonchev–Trinajstić information content (AvgIpc) is 3.48. The zero-order chi connectivity index (χ0) is 17.1. The zero-order valence-electron chi connectivity index (χ0n) is 14.8. The number of nitrogens with zero attached hydrogens (tertiary/aromatic N) is 3. The van der Waals surface area contributed by atoms with Crippen molar-refractivity contribution >= 4 is 5.82 Å². The van der Waals surface area contributed by atoms with Gasteiger partial charge in [-0.3, -0.25) is 4.90 Å². The van der Waals surface area contributed by atoms with Gasteiger partial charge in [0.15, 0.2) is 0 Å². The van der Waals surface area contributed by atoms with Crippen LogP contribution in [0.15, 0.2) is 36.5 Å². The van der Waals surface area contributed by atoms with Crippen molar-refractivity contribution < 1.29 is 4.74 Å². The van der Waals surface area contributed by atoms with Gasteiger partial charge in [-0.2, -0.15) is 0 Å². The minimum Gasteiger partial charge on any atom is -0.496 e. The number of ether oxygens (including phenoxy) is 1. The third kappa shape index (κ3) is 4.10. The van der Waals surface area contributed by atoms with Gasteiger partial charge in [0.25, 0.3) is 0 Å². The highest BCUT2D eigenvalue weighted by molar-refractivity contribution is 5.36. The number of aromatic nitrogens is 2. The lowest BCUT2D eigenvalue weighted by atomic mass is 10.0. The summed E-state index contributed by atoms with van der Waals surface area (Å²) in [5, 5.41) is 3.62. The predicted molar refractivity (Wildman–Crippen MR) is 98.9 cm³/mol. The molecule has 2 aliphatic rings. The Morgan fingerprint density at radius 2 is 2.08 bits per heavy atom. The van der Waals surface area contributed by atoms with Crippen LogP contribution in [0.1, 0.15) is 43.0 Å². The first-order valence-electron chi connectivity index (χ1n) is 9.25. The summed E-state index contributed by atoms with van der Waals surface area (Å²) >= 11 is 0. The Morgan fingerprint density at radius 3 is 2.92 bits per heavy atom. The fraction of sp³-hybridized carbons (Fsp3) is 0.500. The molecule has 5 nitrogen and oxygen atoms in total. The lowest BCUT2D eigenvalue weighted by molar-refractivity contribution is 0.206. The van der Waals surface area contributed by atoms with Crippen molar-refractivity contribution in [2.45, 2.75) is 44.2 Å². The van der Waals surface area contributed by atoms with Crippen LogP contribution in [0.2, 0.25) is 0 Å². The summed E-state index contributed by atoms with van der Waals surface area (Å²) in [6.45, 7) is 3.09. The van der Waals surface area contributed by atoms with Gasteiger partial charge in [0.05, 0.1) is 7.11 Å². The maximum atomic E-state index is 5.49. The van der Waals surface area contributed by atoms with Crippen molar-refractivity contribution in [1.29, 1.82) is 0 Å². The number of para-hydroxylation sites is 1. The zero-order valence-corrected chi connectivity index (χ0v) is 14.8. The number of likely N-dealkylation sites (tertiary alicyclic amines) is 1. The van der Waals surface area contributed by atoms with E-state index in [1.54, 1.807) is 7.11 Å². The number of piperidine rings is 1. The van der Waals surface area contributed by atoms with Gasteiger partial charge in [-0.1, -0.05) is 18.2 Å². The highest BCUT2D eigenvalue weighted by Crippen LogP contribution is 2.38. The number of anilines is 1. The van der Waals surface area contributed by atoms with E-state index in [4.69, 9.17) is 9.72 Å². The summed E-state index contributed by atoms with van der Waals surface area (Å²) in [6.07, 6.45) is 6.75. The third-order valence-electron chi connectivity index (χ3n) is 5.06. The molecule has 1 saturated heterocycles. The van der Waals surface area contributed by atoms with Crippen LogP contribution in [0.3, 0.4) is 0 Å². The van der Waals surface area contributed by atoms with Gasteiger partial charge < -0.3 is 10.1 Å². The largest absolute Gasteiger partial charge is 0.496 e. The minimum absolute atomic E-state index is 0.436. The van der Waals surface area contributed by atoms with Crippen molar-refractivity contribution in [3.8, 4) is 5.75 Å². The Hall–Kier alpha value is -2.14. The Bertz CT molecular complexity index is 716. The number of benzene rings is 1. The quantitative estimate of drug-likeness (QED) is 0.874. The predicted octanol–water partition coefficient (Wildman–Crippen LogP) is 3.44. The van der Waals surface area contributed by atoms with Crippen LogP contribution in [0.4, 0.5) is 5.82 Å². The summed E-state index contributed by atoms with van der Waals surface area (Å²) in [4.78, 5) is 11.6. The van der Waals surface area contributed by atoms with E-state index in [0.29, 0.717) is 12.0 Å². The topological polar surface area (TPSA) is 50.3 Å². The molecule has 1 unspecified atom stereocenters. The second kappa shape index (κ2) is 7.40. The Kier molecular flexibility index (Phi) is 4.83. The van der Waals surface area contributed by atoms with Crippen LogP contribution in [-0.2, 0) is 6.54 Å². The maximum absolute atomic E-state index is 5.49. The van der Waals surface area contributed by atoms with Gasteiger partial charge in [-0.25, -0.2) is 9.97 Å². The van der Waals surface area contributed by atoms with Crippen LogP contribution in [0.25, 0.3) is 0 Å². The fourth-order valence-electron chi connectivity index (χ4n) is 3.59. The van der Waals surface area contributed by atoms with Gasteiger partial charge in [0, 0.05) is 36.8 Å². The van der Waals surface area contributed by atoms with E-state index < -0.39 is 0 Å². The summed E-state index contributed by atoms with van der Waals surface area (Å²) in [7, 11) is 1.74. The standard InChI is InChI=1S/C20H26N4O/c1-25-18-7-3-2-5-16(18)13-24-12-4-6-17(14-24)22-19-10-11-21-20(23-19)15-8-9-15/h2-3,5,7,10-11,15,17H,4,6,8-9,12-14H2,1H3,(H,21,22,23). The fourth-order valence-corrected chi connectivity index (χ4v) is 3.59. The van der Waals surface area contributed by atoms with Gasteiger partial charge in [-0.15, -0.1) is 0 Å². The molecule has 1 saturated carbocycles. The number of nitrogens with one attached hydrogen (secondary N) is 1. The van der Waals surface area contributed by atoms with Crippen LogP contribution in [0.5, 0.6) is 5.75 Å².